The number of rotatable bonds is 56. The maximum Gasteiger partial charge on any atom is 0.104 e. The Morgan fingerprint density at radius 1 is 0.200 bits per heavy atom. The number of hydrogen-bond donors (Lipinski definition) is 0. The molecule has 0 saturated carbocycles. The summed E-state index contributed by atoms with van der Waals surface area (Å²) in [7, 11) is 0. The summed E-state index contributed by atoms with van der Waals surface area (Å²) < 4.78 is 18.7. The van der Waals surface area contributed by atoms with Crippen LogP contribution in [-0.2, 0) is 14.2 Å². The Morgan fingerprint density at radius 2 is 0.367 bits per heavy atom. The SMILES string of the molecule is CCCCCCCCCCCCCCCCCCOCC(COCCCCCCCCCCCCCCCCCC)OCCCCCCCCCCCCCCCCCC. The van der Waals surface area contributed by atoms with Crippen molar-refractivity contribution >= 4 is 0 Å². The first-order valence-electron chi connectivity index (χ1n) is 28.6. The third kappa shape index (κ3) is 54.0. The predicted molar refractivity (Wildman–Crippen MR) is 270 cm³/mol. The molecule has 0 aromatic heterocycles. The van der Waals surface area contributed by atoms with Gasteiger partial charge < -0.3 is 14.2 Å². The van der Waals surface area contributed by atoms with Crippen molar-refractivity contribution in [3.63, 3.8) is 0 Å². The van der Waals surface area contributed by atoms with Gasteiger partial charge in [0.25, 0.3) is 0 Å². The Morgan fingerprint density at radius 3 is 0.567 bits per heavy atom. The lowest BCUT2D eigenvalue weighted by molar-refractivity contribution is -0.0616. The fourth-order valence-corrected chi connectivity index (χ4v) is 8.98. The fourth-order valence-electron chi connectivity index (χ4n) is 8.98. The second-order valence-corrected chi connectivity index (χ2v) is 19.6. The van der Waals surface area contributed by atoms with Crippen LogP contribution in [0.2, 0.25) is 0 Å². The van der Waals surface area contributed by atoms with Gasteiger partial charge in [0.2, 0.25) is 0 Å². The van der Waals surface area contributed by atoms with E-state index in [1.807, 2.05) is 0 Å². The van der Waals surface area contributed by atoms with E-state index in [2.05, 4.69) is 20.8 Å². The zero-order chi connectivity index (χ0) is 43.2. The lowest BCUT2D eigenvalue weighted by Crippen LogP contribution is -2.26. The van der Waals surface area contributed by atoms with Gasteiger partial charge in [-0.1, -0.05) is 310 Å². The van der Waals surface area contributed by atoms with Crippen molar-refractivity contribution in [3.8, 4) is 0 Å². The van der Waals surface area contributed by atoms with E-state index in [4.69, 9.17) is 14.2 Å². The minimum Gasteiger partial charge on any atom is -0.379 e. The topological polar surface area (TPSA) is 27.7 Å². The molecule has 0 aliphatic heterocycles. The lowest BCUT2D eigenvalue weighted by Gasteiger charge is -2.18. The van der Waals surface area contributed by atoms with Gasteiger partial charge in [0.05, 0.1) is 13.2 Å². The number of unbranched alkanes of at least 4 members (excludes halogenated alkanes) is 45. The Hall–Kier alpha value is -0.120. The molecule has 0 saturated heterocycles. The van der Waals surface area contributed by atoms with E-state index in [0.717, 1.165) is 19.8 Å². The summed E-state index contributed by atoms with van der Waals surface area (Å²) in [5, 5.41) is 0. The van der Waals surface area contributed by atoms with E-state index >= 15 is 0 Å². The molecule has 0 atom stereocenters. The summed E-state index contributed by atoms with van der Waals surface area (Å²) in [6.07, 6.45) is 67.7. The highest BCUT2D eigenvalue weighted by Gasteiger charge is 2.10. The molecule has 0 heterocycles. The molecule has 0 fully saturated rings. The van der Waals surface area contributed by atoms with Crippen LogP contribution in [0.25, 0.3) is 0 Å². The summed E-state index contributed by atoms with van der Waals surface area (Å²) >= 11 is 0. The van der Waals surface area contributed by atoms with Gasteiger partial charge in [0.15, 0.2) is 0 Å². The van der Waals surface area contributed by atoms with Crippen LogP contribution in [0.1, 0.15) is 329 Å². The monoisotopic (exact) mass is 849 g/mol. The average Bonchev–Trinajstić information content (AvgIpc) is 3.26. The van der Waals surface area contributed by atoms with Crippen molar-refractivity contribution < 1.29 is 14.2 Å². The molecule has 0 aromatic carbocycles. The average molecular weight is 850 g/mol. The van der Waals surface area contributed by atoms with Crippen molar-refractivity contribution in [1.82, 2.24) is 0 Å². The molecule has 60 heavy (non-hydrogen) atoms. The van der Waals surface area contributed by atoms with E-state index in [0.29, 0.717) is 13.2 Å². The summed E-state index contributed by atoms with van der Waals surface area (Å²) in [5.41, 5.74) is 0. The molecule has 0 unspecified atom stereocenters. The molecular weight excluding hydrogens is 733 g/mol. The van der Waals surface area contributed by atoms with E-state index in [1.165, 1.54) is 308 Å². The first-order valence-corrected chi connectivity index (χ1v) is 28.6. The van der Waals surface area contributed by atoms with Gasteiger partial charge in [-0.2, -0.15) is 0 Å². The third-order valence-corrected chi connectivity index (χ3v) is 13.2. The maximum atomic E-state index is 6.38. The van der Waals surface area contributed by atoms with Crippen LogP contribution in [0, 0.1) is 0 Å². The summed E-state index contributed by atoms with van der Waals surface area (Å²) in [5.74, 6) is 0. The Labute approximate surface area is 381 Å². The van der Waals surface area contributed by atoms with Gasteiger partial charge in [-0.3, -0.25) is 0 Å². The fraction of sp³-hybridized carbons (Fsp3) is 1.00. The van der Waals surface area contributed by atoms with Gasteiger partial charge in [-0.15, -0.1) is 0 Å². The zero-order valence-electron chi connectivity index (χ0n) is 42.3. The van der Waals surface area contributed by atoms with Crippen molar-refractivity contribution in [2.24, 2.45) is 0 Å². The first-order chi connectivity index (χ1) is 29.8. The molecule has 0 spiro atoms. The van der Waals surface area contributed by atoms with Crippen molar-refractivity contribution in [2.45, 2.75) is 335 Å². The number of hydrogen-bond acceptors (Lipinski definition) is 3. The minimum absolute atomic E-state index is 0.0865. The predicted octanol–water partition coefficient (Wildman–Crippen LogP) is 20.2. The summed E-state index contributed by atoms with van der Waals surface area (Å²) in [4.78, 5) is 0. The normalized spacial score (nSPS) is 11.8. The Balaban J connectivity index is 3.96. The molecule has 0 bridgehead atoms. The molecule has 0 aliphatic rings. The van der Waals surface area contributed by atoms with Gasteiger partial charge >= 0.3 is 0 Å². The van der Waals surface area contributed by atoms with Crippen LogP contribution in [0.4, 0.5) is 0 Å². The standard InChI is InChI=1S/C57H116O3/c1-4-7-10-13-16-19-22-25-28-31-34-37-40-43-46-49-52-58-55-57(60-54-51-48-45-42-39-36-33-30-27-24-21-18-15-12-9-6-3)56-59-53-50-47-44-41-38-35-32-29-26-23-20-17-14-11-8-5-2/h57H,4-56H2,1-3H3. The van der Waals surface area contributed by atoms with E-state index in [1.54, 1.807) is 0 Å². The van der Waals surface area contributed by atoms with Crippen LogP contribution >= 0.6 is 0 Å². The highest BCUT2D eigenvalue weighted by molar-refractivity contribution is 4.58. The molecule has 0 rings (SSSR count). The minimum atomic E-state index is 0.0865. The van der Waals surface area contributed by atoms with Gasteiger partial charge in [0, 0.05) is 19.8 Å². The molecule has 362 valence electrons. The highest BCUT2D eigenvalue weighted by Crippen LogP contribution is 2.17. The molecule has 0 aliphatic carbocycles. The summed E-state index contributed by atoms with van der Waals surface area (Å²) in [6.45, 7) is 10.9. The maximum absolute atomic E-state index is 6.38. The molecule has 0 N–H and O–H groups in total. The van der Waals surface area contributed by atoms with Crippen LogP contribution in [-0.4, -0.2) is 39.1 Å². The van der Waals surface area contributed by atoms with Crippen molar-refractivity contribution in [1.29, 1.82) is 0 Å². The smallest absolute Gasteiger partial charge is 0.104 e. The second kappa shape index (κ2) is 56.9. The van der Waals surface area contributed by atoms with Crippen LogP contribution in [0.3, 0.4) is 0 Å². The van der Waals surface area contributed by atoms with Crippen LogP contribution in [0.15, 0.2) is 0 Å². The molecule has 0 aromatic rings. The summed E-state index contributed by atoms with van der Waals surface area (Å²) in [6, 6.07) is 0. The lowest BCUT2D eigenvalue weighted by atomic mass is 10.0. The van der Waals surface area contributed by atoms with Crippen molar-refractivity contribution in [3.05, 3.63) is 0 Å². The molecule has 0 amide bonds. The van der Waals surface area contributed by atoms with E-state index in [9.17, 15) is 0 Å². The zero-order valence-corrected chi connectivity index (χ0v) is 42.3. The van der Waals surface area contributed by atoms with Gasteiger partial charge in [0.1, 0.15) is 6.10 Å². The van der Waals surface area contributed by atoms with Crippen molar-refractivity contribution in [2.75, 3.05) is 33.0 Å². The highest BCUT2D eigenvalue weighted by atomic mass is 16.6. The van der Waals surface area contributed by atoms with E-state index < -0.39 is 0 Å². The van der Waals surface area contributed by atoms with Gasteiger partial charge in [-0.25, -0.2) is 0 Å². The largest absolute Gasteiger partial charge is 0.379 e. The number of ether oxygens (including phenoxy) is 3. The second-order valence-electron chi connectivity index (χ2n) is 19.6. The molecule has 0 radical (unpaired) electrons. The van der Waals surface area contributed by atoms with Gasteiger partial charge in [-0.05, 0) is 19.3 Å². The molecule has 3 heteroatoms. The van der Waals surface area contributed by atoms with Crippen LogP contribution in [0.5, 0.6) is 0 Å². The van der Waals surface area contributed by atoms with E-state index in [-0.39, 0.29) is 6.10 Å². The quantitative estimate of drug-likeness (QED) is 0.0571. The Bertz CT molecular complexity index is 671. The Kier molecular flexibility index (Phi) is 56.8. The first kappa shape index (κ1) is 59.9. The third-order valence-electron chi connectivity index (χ3n) is 13.2. The van der Waals surface area contributed by atoms with Crippen LogP contribution < -0.4 is 0 Å². The molecular formula is C57H116O3. The molecule has 3 nitrogen and oxygen atoms in total.